The molecule has 30 heavy (non-hydrogen) atoms. The van der Waals surface area contributed by atoms with Gasteiger partial charge in [0, 0.05) is 22.5 Å². The first-order valence-electron chi connectivity index (χ1n) is 9.34. The lowest BCUT2D eigenvalue weighted by molar-refractivity contribution is 0.319. The predicted molar refractivity (Wildman–Crippen MR) is 118 cm³/mol. The molecule has 0 bridgehead atoms. The number of halogens is 1. The van der Waals surface area contributed by atoms with Gasteiger partial charge in [0.05, 0.1) is 24.4 Å². The van der Waals surface area contributed by atoms with Gasteiger partial charge in [-0.1, -0.05) is 35.9 Å². The van der Waals surface area contributed by atoms with Crippen molar-refractivity contribution in [3.63, 3.8) is 0 Å². The van der Waals surface area contributed by atoms with E-state index in [-0.39, 0.29) is 5.75 Å². The highest BCUT2D eigenvalue weighted by Crippen LogP contribution is 2.32. The molecule has 0 unspecified atom stereocenters. The number of ether oxygens (including phenoxy) is 1. The number of nitrogens with two attached hydrogens (primary N) is 1. The van der Waals surface area contributed by atoms with Crippen molar-refractivity contribution in [2.45, 2.75) is 12.3 Å². The molecule has 0 fully saturated rings. The molecule has 0 aliphatic carbocycles. The Kier molecular flexibility index (Phi) is 5.53. The molecular formula is C21H21ClN4O3S. The summed E-state index contributed by atoms with van der Waals surface area (Å²) in [4.78, 5) is 10.4. The molecule has 1 aromatic heterocycles. The van der Waals surface area contributed by atoms with Crippen molar-refractivity contribution in [3.05, 3.63) is 64.9 Å². The third-order valence-electron chi connectivity index (χ3n) is 4.89. The summed E-state index contributed by atoms with van der Waals surface area (Å²) in [6.45, 7) is 1.75. The maximum absolute atomic E-state index is 11.5. The molecular weight excluding hydrogens is 424 g/mol. The molecule has 1 aliphatic rings. The number of aromatic nitrogens is 2. The molecule has 2 aromatic carbocycles. The fraction of sp³-hybridized carbons (Fsp3) is 0.238. The highest BCUT2D eigenvalue weighted by molar-refractivity contribution is 7.89. The van der Waals surface area contributed by atoms with Gasteiger partial charge in [-0.25, -0.2) is 18.4 Å². The number of hydrogen-bond acceptors (Lipinski definition) is 7. The standard InChI is InChI=1S/C21H21ClN4O3S/c1-30(27,28)12-14-2-7-17(19(22)10-14)15-3-5-16(6-4-15)26-8-9-29-21-18(11-26)20(23)24-13-25-21/h2-7,10,13H,8-9,11-12H2,1H3,(H2,23,24,25). The van der Waals surface area contributed by atoms with Crippen LogP contribution >= 0.6 is 11.6 Å². The Morgan fingerprint density at radius 3 is 2.63 bits per heavy atom. The van der Waals surface area contributed by atoms with Gasteiger partial charge in [-0.3, -0.25) is 0 Å². The second-order valence-corrected chi connectivity index (χ2v) is 9.79. The molecule has 156 valence electrons. The molecule has 0 amide bonds. The van der Waals surface area contributed by atoms with Gasteiger partial charge >= 0.3 is 0 Å². The first-order valence-corrected chi connectivity index (χ1v) is 11.8. The van der Waals surface area contributed by atoms with Crippen LogP contribution in [-0.2, 0) is 22.1 Å². The Balaban J connectivity index is 1.57. The average Bonchev–Trinajstić information content (AvgIpc) is 2.91. The zero-order valence-electron chi connectivity index (χ0n) is 16.4. The Hall–Kier alpha value is -2.84. The van der Waals surface area contributed by atoms with E-state index in [9.17, 15) is 8.42 Å². The van der Waals surface area contributed by atoms with E-state index in [1.807, 2.05) is 30.3 Å². The van der Waals surface area contributed by atoms with E-state index in [0.717, 1.165) is 22.4 Å². The molecule has 0 atom stereocenters. The predicted octanol–water partition coefficient (Wildman–Crippen LogP) is 3.32. The third kappa shape index (κ3) is 4.49. The summed E-state index contributed by atoms with van der Waals surface area (Å²) in [5.41, 5.74) is 10.3. The number of rotatable bonds is 4. The van der Waals surface area contributed by atoms with Gasteiger partial charge in [-0.05, 0) is 29.3 Å². The Bertz CT molecular complexity index is 1180. The number of hydrogen-bond donors (Lipinski definition) is 1. The quantitative estimate of drug-likeness (QED) is 0.658. The maximum atomic E-state index is 11.5. The monoisotopic (exact) mass is 444 g/mol. The van der Waals surface area contributed by atoms with Crippen molar-refractivity contribution in [2.75, 3.05) is 30.0 Å². The highest BCUT2D eigenvalue weighted by atomic mass is 35.5. The van der Waals surface area contributed by atoms with Gasteiger partial charge < -0.3 is 15.4 Å². The van der Waals surface area contributed by atoms with Crippen molar-refractivity contribution in [2.24, 2.45) is 0 Å². The van der Waals surface area contributed by atoms with Crippen molar-refractivity contribution >= 4 is 32.9 Å². The van der Waals surface area contributed by atoms with E-state index in [0.29, 0.717) is 42.0 Å². The van der Waals surface area contributed by atoms with E-state index in [1.165, 1.54) is 12.6 Å². The van der Waals surface area contributed by atoms with Crippen molar-refractivity contribution < 1.29 is 13.2 Å². The number of anilines is 2. The molecule has 0 saturated carbocycles. The van der Waals surface area contributed by atoms with Crippen LogP contribution in [0.4, 0.5) is 11.5 Å². The molecule has 1 aliphatic heterocycles. The van der Waals surface area contributed by atoms with Crippen LogP contribution in [0, 0.1) is 0 Å². The lowest BCUT2D eigenvalue weighted by atomic mass is 10.0. The van der Waals surface area contributed by atoms with Gasteiger partial charge in [0.25, 0.3) is 0 Å². The lowest BCUT2D eigenvalue weighted by Gasteiger charge is -2.22. The van der Waals surface area contributed by atoms with Crippen LogP contribution in [0.25, 0.3) is 11.1 Å². The molecule has 0 radical (unpaired) electrons. The number of benzene rings is 2. The maximum Gasteiger partial charge on any atom is 0.223 e. The zero-order valence-corrected chi connectivity index (χ0v) is 17.9. The second kappa shape index (κ2) is 8.12. The van der Waals surface area contributed by atoms with Gasteiger partial charge in [0.15, 0.2) is 9.84 Å². The number of sulfone groups is 1. The average molecular weight is 445 g/mol. The Morgan fingerprint density at radius 1 is 1.17 bits per heavy atom. The fourth-order valence-electron chi connectivity index (χ4n) is 3.46. The molecule has 0 spiro atoms. The van der Waals surface area contributed by atoms with E-state index < -0.39 is 9.84 Å². The van der Waals surface area contributed by atoms with Crippen LogP contribution in [0.5, 0.6) is 5.88 Å². The number of nitrogen functional groups attached to an aromatic ring is 1. The molecule has 3 aromatic rings. The summed E-state index contributed by atoms with van der Waals surface area (Å²) >= 11 is 6.43. The molecule has 2 heterocycles. The minimum Gasteiger partial charge on any atom is -0.475 e. The largest absolute Gasteiger partial charge is 0.475 e. The summed E-state index contributed by atoms with van der Waals surface area (Å²) in [6, 6.07) is 13.4. The van der Waals surface area contributed by atoms with Gasteiger partial charge in [0.1, 0.15) is 18.8 Å². The minimum atomic E-state index is -3.11. The van der Waals surface area contributed by atoms with Crippen LogP contribution in [0.15, 0.2) is 48.8 Å². The molecule has 9 heteroatoms. The number of nitrogens with zero attached hydrogens (tertiary/aromatic N) is 3. The molecule has 4 rings (SSSR count). The summed E-state index contributed by atoms with van der Waals surface area (Å²) in [6.07, 6.45) is 2.61. The lowest BCUT2D eigenvalue weighted by Crippen LogP contribution is -2.25. The van der Waals surface area contributed by atoms with Crippen LogP contribution in [0.2, 0.25) is 5.02 Å². The van der Waals surface area contributed by atoms with Crippen molar-refractivity contribution in [1.29, 1.82) is 0 Å². The van der Waals surface area contributed by atoms with Crippen molar-refractivity contribution in [3.8, 4) is 17.0 Å². The summed E-state index contributed by atoms with van der Waals surface area (Å²) in [7, 11) is -3.11. The van der Waals surface area contributed by atoms with Crippen LogP contribution in [-0.4, -0.2) is 37.8 Å². The van der Waals surface area contributed by atoms with E-state index in [4.69, 9.17) is 22.1 Å². The van der Waals surface area contributed by atoms with Crippen LogP contribution < -0.4 is 15.4 Å². The van der Waals surface area contributed by atoms with E-state index in [2.05, 4.69) is 14.9 Å². The van der Waals surface area contributed by atoms with E-state index in [1.54, 1.807) is 12.1 Å². The fourth-order valence-corrected chi connectivity index (χ4v) is 4.56. The third-order valence-corrected chi connectivity index (χ3v) is 6.06. The second-order valence-electron chi connectivity index (χ2n) is 7.24. The summed E-state index contributed by atoms with van der Waals surface area (Å²) < 4.78 is 28.7. The first kappa shape index (κ1) is 20.4. The van der Waals surface area contributed by atoms with Crippen LogP contribution in [0.3, 0.4) is 0 Å². The smallest absolute Gasteiger partial charge is 0.223 e. The minimum absolute atomic E-state index is 0.0305. The topological polar surface area (TPSA) is 98.4 Å². The number of fused-ring (bicyclic) bond motifs is 1. The first-order chi connectivity index (χ1) is 14.3. The Labute approximate surface area is 180 Å². The van der Waals surface area contributed by atoms with Gasteiger partial charge in [-0.15, -0.1) is 0 Å². The highest BCUT2D eigenvalue weighted by Gasteiger charge is 2.20. The normalized spacial score (nSPS) is 14.0. The summed E-state index contributed by atoms with van der Waals surface area (Å²) in [5.74, 6) is 0.921. The molecule has 2 N–H and O–H groups in total. The SMILES string of the molecule is CS(=O)(=O)Cc1ccc(-c2ccc(N3CCOc4ncnc(N)c4C3)cc2)c(Cl)c1. The molecule has 7 nitrogen and oxygen atoms in total. The van der Waals surface area contributed by atoms with Gasteiger partial charge in [0.2, 0.25) is 5.88 Å². The van der Waals surface area contributed by atoms with Gasteiger partial charge in [-0.2, -0.15) is 0 Å². The zero-order chi connectivity index (χ0) is 21.3. The van der Waals surface area contributed by atoms with Crippen LogP contribution in [0.1, 0.15) is 11.1 Å². The summed E-state index contributed by atoms with van der Waals surface area (Å²) in [5, 5.41) is 0.519. The van der Waals surface area contributed by atoms with E-state index >= 15 is 0 Å². The van der Waals surface area contributed by atoms with Crippen molar-refractivity contribution in [1.82, 2.24) is 9.97 Å². The Morgan fingerprint density at radius 2 is 1.93 bits per heavy atom. The molecule has 0 saturated heterocycles.